The van der Waals surface area contributed by atoms with Crippen LogP contribution in [0.25, 0.3) is 16.5 Å². The summed E-state index contributed by atoms with van der Waals surface area (Å²) in [7, 11) is 1.75. The maximum absolute atomic E-state index is 5.75. The molecule has 0 radical (unpaired) electrons. The average Bonchev–Trinajstić information content (AvgIpc) is 2.82. The summed E-state index contributed by atoms with van der Waals surface area (Å²) in [5.74, 6) is 0.590. The van der Waals surface area contributed by atoms with Gasteiger partial charge < -0.3 is 16.0 Å². The topological polar surface area (TPSA) is 69.3 Å². The van der Waals surface area contributed by atoms with Crippen molar-refractivity contribution in [2.45, 2.75) is 26.8 Å². The minimum atomic E-state index is 0.590. The zero-order valence-corrected chi connectivity index (χ0v) is 13.7. The van der Waals surface area contributed by atoms with Crippen LogP contribution < -0.4 is 11.5 Å². The lowest BCUT2D eigenvalue weighted by molar-refractivity contribution is 0.534. The first kappa shape index (κ1) is 16.3. The normalized spacial score (nSPS) is 12.9. The highest BCUT2D eigenvalue weighted by atomic mass is 15.0. The van der Waals surface area contributed by atoms with E-state index in [-0.39, 0.29) is 0 Å². The second-order valence-electron chi connectivity index (χ2n) is 5.98. The molecule has 0 spiro atoms. The second-order valence-corrected chi connectivity index (χ2v) is 5.98. The van der Waals surface area contributed by atoms with E-state index < -0.39 is 0 Å². The van der Waals surface area contributed by atoms with Gasteiger partial charge in [0.1, 0.15) is 0 Å². The number of nitrogens with two attached hydrogens (primary N) is 2. The molecule has 4 N–H and O–H groups in total. The molecule has 1 heterocycles. The SMILES string of the molecule is CN=CC(=CN)c1ccc2c(CCN)cn(CC(C)C)c2c1. The van der Waals surface area contributed by atoms with Crippen LogP contribution in [-0.4, -0.2) is 24.4 Å². The van der Waals surface area contributed by atoms with Gasteiger partial charge in [-0.1, -0.05) is 26.0 Å². The molecule has 0 saturated heterocycles. The van der Waals surface area contributed by atoms with Crippen LogP contribution in [0.5, 0.6) is 0 Å². The maximum atomic E-state index is 5.75. The highest BCUT2D eigenvalue weighted by Crippen LogP contribution is 2.26. The molecule has 0 amide bonds. The monoisotopic (exact) mass is 298 g/mol. The number of hydrogen-bond donors (Lipinski definition) is 2. The fourth-order valence-corrected chi connectivity index (χ4v) is 2.80. The van der Waals surface area contributed by atoms with E-state index in [0.29, 0.717) is 12.5 Å². The van der Waals surface area contributed by atoms with Crippen molar-refractivity contribution < 1.29 is 0 Å². The lowest BCUT2D eigenvalue weighted by atomic mass is 10.0. The molecule has 1 aromatic heterocycles. The third-order valence-electron chi connectivity index (χ3n) is 3.72. The highest BCUT2D eigenvalue weighted by Gasteiger charge is 2.11. The van der Waals surface area contributed by atoms with Gasteiger partial charge in [-0.15, -0.1) is 0 Å². The van der Waals surface area contributed by atoms with E-state index in [1.54, 1.807) is 19.5 Å². The summed E-state index contributed by atoms with van der Waals surface area (Å²) in [6, 6.07) is 6.46. The molecule has 0 bridgehead atoms. The molecule has 1 aromatic carbocycles. The van der Waals surface area contributed by atoms with Gasteiger partial charge in [-0.3, -0.25) is 4.99 Å². The Morgan fingerprint density at radius 2 is 2.14 bits per heavy atom. The Kier molecular flexibility index (Phi) is 5.39. The number of fused-ring (bicyclic) bond motifs is 1. The molecule has 0 aliphatic heterocycles. The molecule has 2 aromatic rings. The van der Waals surface area contributed by atoms with Crippen LogP contribution in [0.1, 0.15) is 25.0 Å². The van der Waals surface area contributed by atoms with E-state index >= 15 is 0 Å². The van der Waals surface area contributed by atoms with Gasteiger partial charge in [0.05, 0.1) is 0 Å². The first-order valence-electron chi connectivity index (χ1n) is 7.77. The third-order valence-corrected chi connectivity index (χ3v) is 3.72. The van der Waals surface area contributed by atoms with Crippen molar-refractivity contribution in [3.63, 3.8) is 0 Å². The van der Waals surface area contributed by atoms with Gasteiger partial charge in [-0.2, -0.15) is 0 Å². The molecule has 0 fully saturated rings. The first-order chi connectivity index (χ1) is 10.6. The van der Waals surface area contributed by atoms with Gasteiger partial charge in [0.2, 0.25) is 0 Å². The van der Waals surface area contributed by atoms with Crippen molar-refractivity contribution in [1.29, 1.82) is 0 Å². The molecule has 0 atom stereocenters. The predicted octanol–water partition coefficient (Wildman–Crippen LogP) is 2.80. The van der Waals surface area contributed by atoms with Crippen LogP contribution in [-0.2, 0) is 13.0 Å². The number of aromatic nitrogens is 1. The van der Waals surface area contributed by atoms with E-state index in [0.717, 1.165) is 24.1 Å². The van der Waals surface area contributed by atoms with Gasteiger partial charge in [0.25, 0.3) is 0 Å². The van der Waals surface area contributed by atoms with Gasteiger partial charge >= 0.3 is 0 Å². The molecule has 118 valence electrons. The van der Waals surface area contributed by atoms with Crippen molar-refractivity contribution in [3.8, 4) is 0 Å². The minimum Gasteiger partial charge on any atom is -0.404 e. The average molecular weight is 298 g/mol. The smallest absolute Gasteiger partial charge is 0.0489 e. The number of aliphatic imine (C=N–C) groups is 1. The van der Waals surface area contributed by atoms with E-state index in [1.165, 1.54) is 16.5 Å². The fourth-order valence-electron chi connectivity index (χ4n) is 2.80. The van der Waals surface area contributed by atoms with Crippen molar-refractivity contribution in [3.05, 3.63) is 41.7 Å². The summed E-state index contributed by atoms with van der Waals surface area (Å²) >= 11 is 0. The zero-order chi connectivity index (χ0) is 16.1. The molecule has 2 rings (SSSR count). The highest BCUT2D eigenvalue weighted by molar-refractivity contribution is 6.10. The van der Waals surface area contributed by atoms with E-state index in [2.05, 4.69) is 47.8 Å². The molecule has 4 nitrogen and oxygen atoms in total. The van der Waals surface area contributed by atoms with Crippen molar-refractivity contribution in [2.24, 2.45) is 22.4 Å². The molecule has 4 heteroatoms. The summed E-state index contributed by atoms with van der Waals surface area (Å²) < 4.78 is 2.33. The zero-order valence-electron chi connectivity index (χ0n) is 13.7. The summed E-state index contributed by atoms with van der Waals surface area (Å²) in [4.78, 5) is 4.07. The first-order valence-corrected chi connectivity index (χ1v) is 7.77. The summed E-state index contributed by atoms with van der Waals surface area (Å²) in [5.41, 5.74) is 16.0. The standard InChI is InChI=1S/C18H26N4/c1-13(2)11-22-12-15(6-7-19)17-5-4-14(8-18(17)22)16(9-20)10-21-3/h4-5,8-10,12-13H,6-7,11,19-20H2,1-3H3. The quantitative estimate of drug-likeness (QED) is 0.805. The third kappa shape index (κ3) is 3.39. The molecule has 22 heavy (non-hydrogen) atoms. The predicted molar refractivity (Wildman–Crippen MR) is 96.1 cm³/mol. The molecule has 0 aliphatic carbocycles. The Labute approximate surface area is 132 Å². The van der Waals surface area contributed by atoms with E-state index in [1.807, 2.05) is 0 Å². The van der Waals surface area contributed by atoms with E-state index in [9.17, 15) is 0 Å². The fraction of sp³-hybridized carbons (Fsp3) is 0.389. The second kappa shape index (κ2) is 7.27. The lowest BCUT2D eigenvalue weighted by Gasteiger charge is -2.09. The van der Waals surface area contributed by atoms with Crippen LogP contribution >= 0.6 is 0 Å². The molecule has 0 unspecified atom stereocenters. The van der Waals surface area contributed by atoms with Crippen LogP contribution in [0.4, 0.5) is 0 Å². The number of nitrogens with zero attached hydrogens (tertiary/aromatic N) is 2. The molecule has 0 saturated carbocycles. The Morgan fingerprint density at radius 3 is 2.73 bits per heavy atom. The van der Waals surface area contributed by atoms with Crippen LogP contribution in [0.2, 0.25) is 0 Å². The van der Waals surface area contributed by atoms with Crippen molar-refractivity contribution in [2.75, 3.05) is 13.6 Å². The summed E-state index contributed by atoms with van der Waals surface area (Å²) in [6.07, 6.45) is 6.53. The van der Waals surface area contributed by atoms with E-state index in [4.69, 9.17) is 11.5 Å². The molecule has 0 aliphatic rings. The molecular weight excluding hydrogens is 272 g/mol. The van der Waals surface area contributed by atoms with Crippen LogP contribution in [0.15, 0.2) is 35.6 Å². The number of hydrogen-bond acceptors (Lipinski definition) is 3. The van der Waals surface area contributed by atoms with Gasteiger partial charge in [-0.05, 0) is 36.1 Å². The van der Waals surface area contributed by atoms with Gasteiger partial charge in [-0.25, -0.2) is 0 Å². The maximum Gasteiger partial charge on any atom is 0.0489 e. The largest absolute Gasteiger partial charge is 0.404 e. The lowest BCUT2D eigenvalue weighted by Crippen LogP contribution is -2.04. The Bertz CT molecular complexity index is 692. The van der Waals surface area contributed by atoms with Gasteiger partial charge in [0.15, 0.2) is 0 Å². The van der Waals surface area contributed by atoms with Crippen molar-refractivity contribution >= 4 is 22.7 Å². The summed E-state index contributed by atoms with van der Waals surface area (Å²) in [6.45, 7) is 6.12. The molecular formula is C18H26N4. The number of benzene rings is 1. The Balaban J connectivity index is 2.58. The number of allylic oxidation sites excluding steroid dienone is 1. The minimum absolute atomic E-state index is 0.590. The van der Waals surface area contributed by atoms with Crippen LogP contribution in [0, 0.1) is 5.92 Å². The van der Waals surface area contributed by atoms with Crippen molar-refractivity contribution in [1.82, 2.24) is 4.57 Å². The summed E-state index contributed by atoms with van der Waals surface area (Å²) in [5, 5.41) is 1.28. The Morgan fingerprint density at radius 1 is 1.36 bits per heavy atom. The number of rotatable bonds is 6. The van der Waals surface area contributed by atoms with Gasteiger partial charge in [0, 0.05) is 48.7 Å². The van der Waals surface area contributed by atoms with Crippen LogP contribution in [0.3, 0.4) is 0 Å². The Hall–Kier alpha value is -2.07.